The molecule has 4 rings (SSSR count). The summed E-state index contributed by atoms with van der Waals surface area (Å²) in [4.78, 5) is 39.3. The lowest BCUT2D eigenvalue weighted by Crippen LogP contribution is -2.43. The molecule has 1 aliphatic heterocycles. The van der Waals surface area contributed by atoms with Gasteiger partial charge in [-0.3, -0.25) is 9.59 Å². The highest BCUT2D eigenvalue weighted by Gasteiger charge is 2.47. The molecule has 2 aliphatic carbocycles. The molecule has 1 aromatic carbocycles. The Morgan fingerprint density at radius 1 is 1.19 bits per heavy atom. The molecular weight excluding hydrogens is 413 g/mol. The van der Waals surface area contributed by atoms with Gasteiger partial charge in [0.05, 0.1) is 12.7 Å². The van der Waals surface area contributed by atoms with E-state index in [1.807, 2.05) is 6.92 Å². The van der Waals surface area contributed by atoms with Crippen LogP contribution in [0.25, 0.3) is 0 Å². The number of ether oxygens (including phenoxy) is 2. The lowest BCUT2D eigenvalue weighted by Gasteiger charge is -2.38. The maximum absolute atomic E-state index is 14.2. The van der Waals surface area contributed by atoms with Gasteiger partial charge in [-0.1, -0.05) is 19.1 Å². The fourth-order valence-corrected chi connectivity index (χ4v) is 5.19. The highest BCUT2D eigenvalue weighted by atomic mass is 19.1. The molecule has 7 heteroatoms. The van der Waals surface area contributed by atoms with Crippen molar-refractivity contribution in [3.8, 4) is 0 Å². The summed E-state index contributed by atoms with van der Waals surface area (Å²) in [5.41, 5.74) is 2.31. The molecule has 6 nitrogen and oxygen atoms in total. The van der Waals surface area contributed by atoms with Gasteiger partial charge in [0.15, 0.2) is 5.78 Å². The molecule has 1 saturated carbocycles. The second-order valence-corrected chi connectivity index (χ2v) is 8.90. The Kier molecular flexibility index (Phi) is 6.17. The zero-order valence-electron chi connectivity index (χ0n) is 18.6. The van der Waals surface area contributed by atoms with Crippen LogP contribution in [0.2, 0.25) is 0 Å². The second kappa shape index (κ2) is 8.88. The van der Waals surface area contributed by atoms with Crippen LogP contribution >= 0.6 is 0 Å². The van der Waals surface area contributed by atoms with E-state index < -0.39 is 35.4 Å². The standard InChI is InChI=1S/C25H28FNO5/c1-13-11-18-22(23(28)19(13)24(29)31-3)21(15-7-6-8-16(26)12-15)20(14(2)27-18)25(30)32-17-9-4-5-10-17/h6-8,12-13,17,19,21,27H,4-5,9-11H2,1-3H3/t13-,19+,21-/m1/s1. The molecule has 0 unspecified atom stereocenters. The molecule has 0 radical (unpaired) electrons. The summed E-state index contributed by atoms with van der Waals surface area (Å²) < 4.78 is 24.9. The van der Waals surface area contributed by atoms with Crippen molar-refractivity contribution in [3.63, 3.8) is 0 Å². The first kappa shape index (κ1) is 22.2. The summed E-state index contributed by atoms with van der Waals surface area (Å²) in [5.74, 6) is -4.03. The number of methoxy groups -OCH3 is 1. The minimum absolute atomic E-state index is 0.156. The number of benzene rings is 1. The number of hydrogen-bond donors (Lipinski definition) is 1. The maximum atomic E-state index is 14.2. The summed E-state index contributed by atoms with van der Waals surface area (Å²) >= 11 is 0. The van der Waals surface area contributed by atoms with E-state index in [-0.39, 0.29) is 17.6 Å². The molecule has 0 amide bonds. The second-order valence-electron chi connectivity index (χ2n) is 8.90. The fraction of sp³-hybridized carbons (Fsp3) is 0.480. The van der Waals surface area contributed by atoms with Crippen LogP contribution in [0.3, 0.4) is 0 Å². The maximum Gasteiger partial charge on any atom is 0.337 e. The number of esters is 2. The molecule has 0 saturated heterocycles. The number of halogens is 1. The van der Waals surface area contributed by atoms with E-state index in [4.69, 9.17) is 9.47 Å². The minimum Gasteiger partial charge on any atom is -0.468 e. The van der Waals surface area contributed by atoms with Crippen LogP contribution in [-0.2, 0) is 23.9 Å². The van der Waals surface area contributed by atoms with Gasteiger partial charge in [-0.2, -0.15) is 0 Å². The number of ketones is 1. The Balaban J connectivity index is 1.81. The first-order valence-corrected chi connectivity index (χ1v) is 11.1. The molecule has 1 fully saturated rings. The van der Waals surface area contributed by atoms with Crippen LogP contribution in [0, 0.1) is 17.7 Å². The molecule has 1 aromatic rings. The van der Waals surface area contributed by atoms with Crippen LogP contribution in [0.4, 0.5) is 4.39 Å². The summed E-state index contributed by atoms with van der Waals surface area (Å²) in [5, 5.41) is 3.22. The number of allylic oxidation sites excluding steroid dienone is 3. The summed E-state index contributed by atoms with van der Waals surface area (Å²) in [6.45, 7) is 3.59. The molecular formula is C25H28FNO5. The molecule has 3 aliphatic rings. The van der Waals surface area contributed by atoms with Crippen molar-refractivity contribution in [2.24, 2.45) is 11.8 Å². The summed E-state index contributed by atoms with van der Waals surface area (Å²) in [7, 11) is 1.25. The average molecular weight is 441 g/mol. The highest BCUT2D eigenvalue weighted by molar-refractivity contribution is 6.12. The number of carbonyl (C=O) groups is 3. The van der Waals surface area contributed by atoms with Crippen molar-refractivity contribution in [2.45, 2.75) is 58.0 Å². The van der Waals surface area contributed by atoms with E-state index in [0.29, 0.717) is 29.0 Å². The van der Waals surface area contributed by atoms with Crippen LogP contribution in [-0.4, -0.2) is 30.9 Å². The molecule has 0 aromatic heterocycles. The van der Waals surface area contributed by atoms with Crippen molar-refractivity contribution >= 4 is 17.7 Å². The van der Waals surface area contributed by atoms with Gasteiger partial charge in [0.1, 0.15) is 17.8 Å². The Labute approximate surface area is 186 Å². The first-order valence-electron chi connectivity index (χ1n) is 11.1. The van der Waals surface area contributed by atoms with Crippen molar-refractivity contribution in [1.82, 2.24) is 5.32 Å². The quantitative estimate of drug-likeness (QED) is 0.563. The Bertz CT molecular complexity index is 1020. The number of dihydropyridines is 1. The number of nitrogens with one attached hydrogen (secondary N) is 1. The molecule has 1 N–H and O–H groups in total. The zero-order chi connectivity index (χ0) is 23.0. The third-order valence-electron chi connectivity index (χ3n) is 6.72. The van der Waals surface area contributed by atoms with Gasteiger partial charge in [-0.15, -0.1) is 0 Å². The molecule has 1 heterocycles. The molecule has 0 spiro atoms. The first-order chi connectivity index (χ1) is 15.3. The Morgan fingerprint density at radius 3 is 2.56 bits per heavy atom. The SMILES string of the molecule is COC(=O)[C@@H]1C(=O)C2=C(C[C@H]1C)NC(C)=C(C(=O)OC1CCCC1)[C@H]2c1cccc(F)c1. The van der Waals surface area contributed by atoms with E-state index in [1.54, 1.807) is 19.1 Å². The average Bonchev–Trinajstić information content (AvgIpc) is 3.25. The van der Waals surface area contributed by atoms with E-state index >= 15 is 0 Å². The van der Waals surface area contributed by atoms with Crippen LogP contribution in [0.1, 0.15) is 57.4 Å². The van der Waals surface area contributed by atoms with Crippen molar-refractivity contribution in [3.05, 3.63) is 58.2 Å². The molecule has 3 atom stereocenters. The molecule has 32 heavy (non-hydrogen) atoms. The Morgan fingerprint density at radius 2 is 1.91 bits per heavy atom. The fourth-order valence-electron chi connectivity index (χ4n) is 5.19. The van der Waals surface area contributed by atoms with Gasteiger partial charge in [0.25, 0.3) is 0 Å². The lowest BCUT2D eigenvalue weighted by atomic mass is 9.69. The van der Waals surface area contributed by atoms with E-state index in [2.05, 4.69) is 5.32 Å². The highest BCUT2D eigenvalue weighted by Crippen LogP contribution is 2.45. The largest absolute Gasteiger partial charge is 0.468 e. The Hall–Kier alpha value is -2.96. The van der Waals surface area contributed by atoms with Crippen LogP contribution in [0.15, 0.2) is 46.8 Å². The summed E-state index contributed by atoms with van der Waals surface area (Å²) in [6.07, 6.45) is 3.92. The normalized spacial score (nSPS) is 26.0. The third-order valence-corrected chi connectivity index (χ3v) is 6.72. The number of Topliss-reactive ketones (excluding diaryl/α,β-unsaturated/α-hetero) is 1. The number of hydrogen-bond acceptors (Lipinski definition) is 6. The molecule has 0 bridgehead atoms. The van der Waals surface area contributed by atoms with Crippen molar-refractivity contribution < 1.29 is 28.2 Å². The van der Waals surface area contributed by atoms with Gasteiger partial charge < -0.3 is 14.8 Å². The zero-order valence-corrected chi connectivity index (χ0v) is 18.6. The number of carbonyl (C=O) groups excluding carboxylic acids is 3. The third kappa shape index (κ3) is 3.96. The van der Waals surface area contributed by atoms with Gasteiger partial charge in [0, 0.05) is 22.9 Å². The monoisotopic (exact) mass is 441 g/mol. The minimum atomic E-state index is -0.970. The number of rotatable bonds is 4. The smallest absolute Gasteiger partial charge is 0.337 e. The van der Waals surface area contributed by atoms with Gasteiger partial charge in [-0.25, -0.2) is 9.18 Å². The van der Waals surface area contributed by atoms with Crippen molar-refractivity contribution in [2.75, 3.05) is 7.11 Å². The molecule has 170 valence electrons. The van der Waals surface area contributed by atoms with Crippen LogP contribution < -0.4 is 5.32 Å². The van der Waals surface area contributed by atoms with Crippen LogP contribution in [0.5, 0.6) is 0 Å². The predicted molar refractivity (Wildman–Crippen MR) is 115 cm³/mol. The predicted octanol–water partition coefficient (Wildman–Crippen LogP) is 3.92. The summed E-state index contributed by atoms with van der Waals surface area (Å²) in [6, 6.07) is 5.89. The van der Waals surface area contributed by atoms with Gasteiger partial charge >= 0.3 is 11.9 Å². The lowest BCUT2D eigenvalue weighted by molar-refractivity contribution is -0.151. The van der Waals surface area contributed by atoms with E-state index in [1.165, 1.54) is 19.2 Å². The van der Waals surface area contributed by atoms with Crippen molar-refractivity contribution in [1.29, 1.82) is 0 Å². The topological polar surface area (TPSA) is 81.7 Å². The van der Waals surface area contributed by atoms with E-state index in [0.717, 1.165) is 25.7 Å². The van der Waals surface area contributed by atoms with E-state index in [9.17, 15) is 18.8 Å². The van der Waals surface area contributed by atoms with Gasteiger partial charge in [0.2, 0.25) is 0 Å². The van der Waals surface area contributed by atoms with Gasteiger partial charge in [-0.05, 0) is 62.6 Å².